The minimum atomic E-state index is -4.52. The summed E-state index contributed by atoms with van der Waals surface area (Å²) in [5.41, 5.74) is -0.764. The Hall–Kier alpha value is -1.22. The van der Waals surface area contributed by atoms with Crippen LogP contribution in [-0.4, -0.2) is 42.0 Å². The highest BCUT2D eigenvalue weighted by atomic mass is 32.2. The van der Waals surface area contributed by atoms with Gasteiger partial charge in [-0.25, -0.2) is 22.7 Å². The molecule has 20 heavy (non-hydrogen) atoms. The molecule has 0 N–H and O–H groups in total. The van der Waals surface area contributed by atoms with Gasteiger partial charge >= 0.3 is 6.18 Å². The fraction of sp³-hybridized carbons (Fsp3) is 0.636. The van der Waals surface area contributed by atoms with Gasteiger partial charge in [-0.15, -0.1) is 0 Å². The number of piperidine rings is 1. The van der Waals surface area contributed by atoms with E-state index in [1.807, 2.05) is 0 Å². The Morgan fingerprint density at radius 2 is 2.05 bits per heavy atom. The zero-order chi connectivity index (χ0) is 15.0. The van der Waals surface area contributed by atoms with E-state index in [1.165, 1.54) is 4.31 Å². The van der Waals surface area contributed by atoms with Gasteiger partial charge in [0.1, 0.15) is 12.0 Å². The van der Waals surface area contributed by atoms with E-state index >= 15 is 0 Å². The molecule has 0 radical (unpaired) electrons. The third kappa shape index (κ3) is 3.45. The molecule has 0 spiro atoms. The molecule has 5 nitrogen and oxygen atoms in total. The van der Waals surface area contributed by atoms with Crippen molar-refractivity contribution in [3.63, 3.8) is 0 Å². The molecule has 1 saturated heterocycles. The summed E-state index contributed by atoms with van der Waals surface area (Å²) in [6.45, 7) is 0.555. The van der Waals surface area contributed by atoms with Gasteiger partial charge in [0.05, 0.1) is 6.26 Å². The molecule has 9 heteroatoms. The second-order valence-electron chi connectivity index (χ2n) is 4.79. The van der Waals surface area contributed by atoms with E-state index in [1.54, 1.807) is 0 Å². The summed E-state index contributed by atoms with van der Waals surface area (Å²) in [4.78, 5) is 7.07. The van der Waals surface area contributed by atoms with Crippen LogP contribution in [-0.2, 0) is 16.2 Å². The van der Waals surface area contributed by atoms with Crippen molar-refractivity contribution >= 4 is 10.0 Å². The molecule has 0 saturated carbocycles. The number of aromatic nitrogens is 2. The molecule has 0 aliphatic carbocycles. The van der Waals surface area contributed by atoms with Crippen LogP contribution in [0.2, 0.25) is 0 Å². The predicted octanol–water partition coefficient (Wildman–Crippen LogP) is 1.63. The number of alkyl halides is 3. The van der Waals surface area contributed by atoms with Gasteiger partial charge in [0.15, 0.2) is 0 Å². The van der Waals surface area contributed by atoms with E-state index in [9.17, 15) is 21.6 Å². The molecular weight excluding hydrogens is 295 g/mol. The second-order valence-corrected chi connectivity index (χ2v) is 6.77. The molecule has 1 aromatic heterocycles. The van der Waals surface area contributed by atoms with Gasteiger partial charge in [0, 0.05) is 24.7 Å². The maximum atomic E-state index is 12.6. The van der Waals surface area contributed by atoms with Crippen molar-refractivity contribution in [1.29, 1.82) is 0 Å². The van der Waals surface area contributed by atoms with Gasteiger partial charge in [-0.05, 0) is 18.9 Å². The quantitative estimate of drug-likeness (QED) is 0.833. The Bertz CT molecular complexity index is 589. The Morgan fingerprint density at radius 3 is 2.65 bits per heavy atom. The first-order chi connectivity index (χ1) is 9.18. The standard InChI is InChI=1S/C11H14F3N3O2S/c1-20(18,19)17-4-2-3-8(6-17)9-5-10(11(12,13)14)16-7-15-9/h5,7-8H,2-4,6H2,1H3. The zero-order valence-corrected chi connectivity index (χ0v) is 11.6. The van der Waals surface area contributed by atoms with Crippen LogP contribution in [0.4, 0.5) is 13.2 Å². The van der Waals surface area contributed by atoms with Gasteiger partial charge in [0.25, 0.3) is 0 Å². The van der Waals surface area contributed by atoms with Crippen LogP contribution in [0.25, 0.3) is 0 Å². The van der Waals surface area contributed by atoms with Crippen LogP contribution in [0, 0.1) is 0 Å². The van der Waals surface area contributed by atoms with Crippen molar-refractivity contribution in [2.75, 3.05) is 19.3 Å². The molecule has 0 bridgehead atoms. The smallest absolute Gasteiger partial charge is 0.241 e. The lowest BCUT2D eigenvalue weighted by molar-refractivity contribution is -0.141. The van der Waals surface area contributed by atoms with Gasteiger partial charge in [-0.2, -0.15) is 13.2 Å². The van der Waals surface area contributed by atoms with Crippen molar-refractivity contribution in [1.82, 2.24) is 14.3 Å². The van der Waals surface area contributed by atoms with Crippen molar-refractivity contribution < 1.29 is 21.6 Å². The van der Waals surface area contributed by atoms with Crippen LogP contribution < -0.4 is 0 Å². The third-order valence-electron chi connectivity index (χ3n) is 3.25. The van der Waals surface area contributed by atoms with Crippen LogP contribution in [0.3, 0.4) is 0 Å². The fourth-order valence-electron chi connectivity index (χ4n) is 2.24. The molecule has 112 valence electrons. The first-order valence-corrected chi connectivity index (χ1v) is 7.87. The summed E-state index contributed by atoms with van der Waals surface area (Å²) < 4.78 is 62.1. The first-order valence-electron chi connectivity index (χ1n) is 6.02. The molecular formula is C11H14F3N3O2S. The van der Waals surface area contributed by atoms with E-state index in [0.29, 0.717) is 19.4 Å². The molecule has 1 fully saturated rings. The van der Waals surface area contributed by atoms with Gasteiger partial charge in [0.2, 0.25) is 10.0 Å². The Labute approximate surface area is 114 Å². The number of rotatable bonds is 2. The number of hydrogen-bond acceptors (Lipinski definition) is 4. The molecule has 1 aliphatic rings. The Balaban J connectivity index is 2.24. The van der Waals surface area contributed by atoms with Crippen LogP contribution in [0.5, 0.6) is 0 Å². The highest BCUT2D eigenvalue weighted by Gasteiger charge is 2.34. The summed E-state index contributed by atoms with van der Waals surface area (Å²) in [6, 6.07) is 0.899. The predicted molar refractivity (Wildman–Crippen MR) is 65.4 cm³/mol. The minimum absolute atomic E-state index is 0.160. The maximum Gasteiger partial charge on any atom is 0.433 e. The normalized spacial score (nSPS) is 21.9. The summed E-state index contributed by atoms with van der Waals surface area (Å²) in [6.07, 6.45) is -1.35. The molecule has 2 heterocycles. The van der Waals surface area contributed by atoms with Crippen molar-refractivity contribution in [3.05, 3.63) is 23.8 Å². The van der Waals surface area contributed by atoms with Crippen molar-refractivity contribution in [2.45, 2.75) is 24.9 Å². The first kappa shape index (κ1) is 15.2. The number of sulfonamides is 1. The second kappa shape index (κ2) is 5.28. The molecule has 0 amide bonds. The average Bonchev–Trinajstić information content (AvgIpc) is 2.37. The third-order valence-corrected chi connectivity index (χ3v) is 4.52. The summed E-state index contributed by atoms with van der Waals surface area (Å²) >= 11 is 0. The Morgan fingerprint density at radius 1 is 1.35 bits per heavy atom. The van der Waals surface area contributed by atoms with E-state index in [4.69, 9.17) is 0 Å². The summed E-state index contributed by atoms with van der Waals surface area (Å²) in [5.74, 6) is -0.331. The molecule has 1 aliphatic heterocycles. The van der Waals surface area contributed by atoms with E-state index in [-0.39, 0.29) is 18.2 Å². The SMILES string of the molecule is CS(=O)(=O)N1CCCC(c2cc(C(F)(F)F)ncn2)C1. The zero-order valence-electron chi connectivity index (χ0n) is 10.8. The lowest BCUT2D eigenvalue weighted by Crippen LogP contribution is -2.38. The topological polar surface area (TPSA) is 63.2 Å². The number of nitrogens with zero attached hydrogens (tertiary/aromatic N) is 3. The van der Waals surface area contributed by atoms with Gasteiger partial charge in [-0.3, -0.25) is 0 Å². The van der Waals surface area contributed by atoms with Crippen molar-refractivity contribution in [2.24, 2.45) is 0 Å². The van der Waals surface area contributed by atoms with Gasteiger partial charge < -0.3 is 0 Å². The summed E-state index contributed by atoms with van der Waals surface area (Å²) in [7, 11) is -3.34. The summed E-state index contributed by atoms with van der Waals surface area (Å²) in [5, 5.41) is 0. The van der Waals surface area contributed by atoms with E-state index in [0.717, 1.165) is 18.6 Å². The molecule has 1 aromatic rings. The van der Waals surface area contributed by atoms with Crippen LogP contribution >= 0.6 is 0 Å². The molecule has 1 unspecified atom stereocenters. The lowest BCUT2D eigenvalue weighted by atomic mass is 9.95. The Kier molecular flexibility index (Phi) is 4.01. The molecule has 0 aromatic carbocycles. The monoisotopic (exact) mass is 309 g/mol. The fourth-order valence-corrected chi connectivity index (χ4v) is 3.15. The molecule has 2 rings (SSSR count). The highest BCUT2D eigenvalue weighted by molar-refractivity contribution is 7.88. The highest BCUT2D eigenvalue weighted by Crippen LogP contribution is 2.31. The van der Waals surface area contributed by atoms with Crippen LogP contribution in [0.1, 0.15) is 30.1 Å². The van der Waals surface area contributed by atoms with Gasteiger partial charge in [-0.1, -0.05) is 0 Å². The molecule has 1 atom stereocenters. The van der Waals surface area contributed by atoms with Crippen LogP contribution in [0.15, 0.2) is 12.4 Å². The number of hydrogen-bond donors (Lipinski definition) is 0. The lowest BCUT2D eigenvalue weighted by Gasteiger charge is -2.30. The van der Waals surface area contributed by atoms with E-state index < -0.39 is 21.9 Å². The minimum Gasteiger partial charge on any atom is -0.241 e. The largest absolute Gasteiger partial charge is 0.433 e. The number of halogens is 3. The van der Waals surface area contributed by atoms with E-state index in [2.05, 4.69) is 9.97 Å². The van der Waals surface area contributed by atoms with Crippen molar-refractivity contribution in [3.8, 4) is 0 Å². The average molecular weight is 309 g/mol. The maximum absolute atomic E-state index is 12.6.